The van der Waals surface area contributed by atoms with E-state index in [2.05, 4.69) is 18.8 Å². The van der Waals surface area contributed by atoms with Crippen molar-refractivity contribution in [2.24, 2.45) is 0 Å². The van der Waals surface area contributed by atoms with Crippen LogP contribution in [0.2, 0.25) is 0 Å². The van der Waals surface area contributed by atoms with Crippen LogP contribution in [-0.4, -0.2) is 21.7 Å². The van der Waals surface area contributed by atoms with Crippen molar-refractivity contribution in [3.63, 3.8) is 0 Å². The van der Waals surface area contributed by atoms with Gasteiger partial charge in [0.05, 0.1) is 6.04 Å². The van der Waals surface area contributed by atoms with E-state index in [1.165, 1.54) is 13.8 Å². The number of carboxylic acids is 1. The van der Waals surface area contributed by atoms with Gasteiger partial charge in [-0.15, -0.1) is 6.58 Å². The quantitative estimate of drug-likeness (QED) is 0.259. The minimum Gasteiger partial charge on any atom is -0.478 e. The third kappa shape index (κ3) is 5.77. The first-order valence-electron chi connectivity index (χ1n) is 11.1. The molecule has 2 aromatic carbocycles. The van der Waals surface area contributed by atoms with E-state index in [-0.39, 0.29) is 12.1 Å². The van der Waals surface area contributed by atoms with Gasteiger partial charge in [-0.05, 0) is 69.4 Å². The molecule has 2 atom stereocenters. The minimum absolute atomic E-state index is 0.0332. The number of nitrogens with one attached hydrogen (secondary N) is 1. The molecule has 2 unspecified atom stereocenters. The van der Waals surface area contributed by atoms with Crippen molar-refractivity contribution >= 4 is 17.1 Å². The van der Waals surface area contributed by atoms with Gasteiger partial charge in [0.1, 0.15) is 11.3 Å². The lowest BCUT2D eigenvalue weighted by Gasteiger charge is -2.25. The number of oxazole rings is 1. The van der Waals surface area contributed by atoms with Crippen molar-refractivity contribution in [2.75, 3.05) is 0 Å². The third-order valence-corrected chi connectivity index (χ3v) is 5.49. The molecular formula is C26H32N2O4. The fourth-order valence-corrected chi connectivity index (χ4v) is 3.58. The molecule has 0 saturated carbocycles. The second-order valence-electron chi connectivity index (χ2n) is 8.41. The normalized spacial score (nSPS) is 13.6. The topological polar surface area (TPSA) is 84.6 Å². The third-order valence-electron chi connectivity index (χ3n) is 5.49. The summed E-state index contributed by atoms with van der Waals surface area (Å²) in [7, 11) is 0. The first-order valence-corrected chi connectivity index (χ1v) is 11.1. The van der Waals surface area contributed by atoms with Gasteiger partial charge in [0, 0.05) is 6.04 Å². The average Bonchev–Trinajstić information content (AvgIpc) is 3.21. The molecule has 6 heteroatoms. The summed E-state index contributed by atoms with van der Waals surface area (Å²) >= 11 is 0. The summed E-state index contributed by atoms with van der Waals surface area (Å²) in [5.41, 5.74) is 1.45. The predicted octanol–water partition coefficient (Wildman–Crippen LogP) is 6.21. The first-order chi connectivity index (χ1) is 15.3. The molecule has 3 aromatic rings. The summed E-state index contributed by atoms with van der Waals surface area (Å²) in [6.45, 7) is 9.02. The van der Waals surface area contributed by atoms with E-state index in [1.54, 1.807) is 0 Å². The van der Waals surface area contributed by atoms with Gasteiger partial charge in [0.2, 0.25) is 5.89 Å². The van der Waals surface area contributed by atoms with Gasteiger partial charge in [-0.25, -0.2) is 9.78 Å². The van der Waals surface area contributed by atoms with Crippen LogP contribution in [0.15, 0.2) is 65.6 Å². The van der Waals surface area contributed by atoms with Crippen LogP contribution in [0.5, 0.6) is 5.75 Å². The van der Waals surface area contributed by atoms with Gasteiger partial charge < -0.3 is 14.3 Å². The molecular weight excluding hydrogens is 404 g/mol. The number of benzene rings is 2. The molecule has 1 aromatic heterocycles. The molecule has 0 aliphatic carbocycles. The second kappa shape index (κ2) is 10.5. The van der Waals surface area contributed by atoms with Gasteiger partial charge >= 0.3 is 5.97 Å². The molecule has 3 rings (SSSR count). The van der Waals surface area contributed by atoms with Gasteiger partial charge in [0.25, 0.3) is 0 Å². The molecule has 1 heterocycles. The molecule has 0 aliphatic heterocycles. The molecule has 2 N–H and O–H groups in total. The van der Waals surface area contributed by atoms with Crippen LogP contribution >= 0.6 is 0 Å². The van der Waals surface area contributed by atoms with Gasteiger partial charge in [-0.1, -0.05) is 37.3 Å². The number of aliphatic carboxylic acids is 1. The SMILES string of the molecule is C=CCCCC(NC(CC)c1ccc(OC(C)(C)C(=O)O)cc1)c1nc2ccccc2o1. The number of hydrogen-bond donors (Lipinski definition) is 2. The smallest absolute Gasteiger partial charge is 0.347 e. The van der Waals surface area contributed by atoms with Crippen LogP contribution in [-0.2, 0) is 4.79 Å². The highest BCUT2D eigenvalue weighted by atomic mass is 16.5. The van der Waals surface area contributed by atoms with E-state index in [1.807, 2.05) is 54.6 Å². The first kappa shape index (κ1) is 23.5. The number of rotatable bonds is 12. The summed E-state index contributed by atoms with van der Waals surface area (Å²) < 4.78 is 11.7. The van der Waals surface area contributed by atoms with Crippen molar-refractivity contribution < 1.29 is 19.1 Å². The Kier molecular flexibility index (Phi) is 7.70. The van der Waals surface area contributed by atoms with Crippen LogP contribution in [0, 0.1) is 0 Å². The minimum atomic E-state index is -1.28. The fourth-order valence-electron chi connectivity index (χ4n) is 3.58. The number of unbranched alkanes of at least 4 members (excludes halogenated alkanes) is 1. The summed E-state index contributed by atoms with van der Waals surface area (Å²) in [5, 5.41) is 13.0. The lowest BCUT2D eigenvalue weighted by Crippen LogP contribution is -2.37. The predicted molar refractivity (Wildman–Crippen MR) is 126 cm³/mol. The molecule has 6 nitrogen and oxygen atoms in total. The van der Waals surface area contributed by atoms with Gasteiger partial charge in [0.15, 0.2) is 11.2 Å². The Hall–Kier alpha value is -3.12. The zero-order valence-corrected chi connectivity index (χ0v) is 19.0. The standard InChI is InChI=1S/C26H32N2O4/c1-5-7-8-12-22(24-28-21-11-9-10-13-23(21)31-24)27-20(6-2)18-14-16-19(17-15-18)32-26(3,4)25(29)30/h5,9-11,13-17,20,22,27H,1,6-8,12H2,2-4H3,(H,29,30). The number of nitrogens with zero attached hydrogens (tertiary/aromatic N) is 1. The molecule has 0 amide bonds. The number of hydrogen-bond acceptors (Lipinski definition) is 5. The van der Waals surface area contributed by atoms with Crippen molar-refractivity contribution in [1.82, 2.24) is 10.3 Å². The maximum absolute atomic E-state index is 11.3. The molecule has 170 valence electrons. The number of fused-ring (bicyclic) bond motifs is 1. The molecule has 0 bridgehead atoms. The zero-order valence-electron chi connectivity index (χ0n) is 19.0. The summed E-state index contributed by atoms with van der Waals surface area (Å²) in [6, 6.07) is 15.4. The van der Waals surface area contributed by atoms with E-state index >= 15 is 0 Å². The van der Waals surface area contributed by atoms with E-state index in [9.17, 15) is 9.90 Å². The summed E-state index contributed by atoms with van der Waals surface area (Å²) in [6.07, 6.45) is 5.59. The fraction of sp³-hybridized carbons (Fsp3) is 0.385. The maximum atomic E-state index is 11.3. The number of ether oxygens (including phenoxy) is 1. The van der Waals surface area contributed by atoms with E-state index in [0.29, 0.717) is 11.6 Å². The Labute approximate surface area is 189 Å². The highest BCUT2D eigenvalue weighted by molar-refractivity contribution is 5.76. The van der Waals surface area contributed by atoms with E-state index < -0.39 is 11.6 Å². The lowest BCUT2D eigenvalue weighted by molar-refractivity contribution is -0.152. The van der Waals surface area contributed by atoms with Gasteiger partial charge in [-0.2, -0.15) is 0 Å². The Balaban J connectivity index is 1.78. The van der Waals surface area contributed by atoms with Gasteiger partial charge in [-0.3, -0.25) is 5.32 Å². The summed E-state index contributed by atoms with van der Waals surface area (Å²) in [4.78, 5) is 16.0. The molecule has 0 radical (unpaired) electrons. The number of para-hydroxylation sites is 2. The van der Waals surface area contributed by atoms with Crippen LogP contribution < -0.4 is 10.1 Å². The average molecular weight is 437 g/mol. The van der Waals surface area contributed by atoms with E-state index in [0.717, 1.165) is 42.3 Å². The number of carboxylic acid groups (broad SMARTS) is 1. The molecule has 32 heavy (non-hydrogen) atoms. The molecule has 0 aliphatic rings. The highest BCUT2D eigenvalue weighted by Gasteiger charge is 2.29. The Morgan fingerprint density at radius 3 is 2.56 bits per heavy atom. The highest BCUT2D eigenvalue weighted by Crippen LogP contribution is 2.29. The largest absolute Gasteiger partial charge is 0.478 e. The Bertz CT molecular complexity index is 1010. The summed E-state index contributed by atoms with van der Waals surface area (Å²) in [5.74, 6) is 0.213. The van der Waals surface area contributed by atoms with Crippen molar-refractivity contribution in [1.29, 1.82) is 0 Å². The number of carbonyl (C=O) groups is 1. The van der Waals surface area contributed by atoms with Crippen LogP contribution in [0.25, 0.3) is 11.1 Å². The molecule has 0 fully saturated rings. The van der Waals surface area contributed by atoms with Crippen molar-refractivity contribution in [3.8, 4) is 5.75 Å². The maximum Gasteiger partial charge on any atom is 0.347 e. The molecule has 0 spiro atoms. The van der Waals surface area contributed by atoms with Crippen LogP contribution in [0.4, 0.5) is 0 Å². The molecule has 0 saturated heterocycles. The van der Waals surface area contributed by atoms with Crippen LogP contribution in [0.3, 0.4) is 0 Å². The number of allylic oxidation sites excluding steroid dienone is 1. The number of aromatic nitrogens is 1. The van der Waals surface area contributed by atoms with Crippen molar-refractivity contribution in [2.45, 2.75) is 64.1 Å². The van der Waals surface area contributed by atoms with Crippen LogP contribution in [0.1, 0.15) is 70.0 Å². The monoisotopic (exact) mass is 436 g/mol. The Morgan fingerprint density at radius 2 is 1.94 bits per heavy atom. The zero-order chi connectivity index (χ0) is 23.1. The van der Waals surface area contributed by atoms with Crippen molar-refractivity contribution in [3.05, 3.63) is 72.6 Å². The lowest BCUT2D eigenvalue weighted by atomic mass is 10.0. The Morgan fingerprint density at radius 1 is 1.22 bits per heavy atom. The second-order valence-corrected chi connectivity index (χ2v) is 8.41. The van der Waals surface area contributed by atoms with E-state index in [4.69, 9.17) is 14.1 Å².